The third-order valence-electron chi connectivity index (χ3n) is 4.58. The van der Waals surface area contributed by atoms with Crippen molar-refractivity contribution in [3.05, 3.63) is 108 Å². The van der Waals surface area contributed by atoms with Crippen LogP contribution in [0.5, 0.6) is 0 Å². The summed E-state index contributed by atoms with van der Waals surface area (Å²) in [6.45, 7) is 0. The van der Waals surface area contributed by atoms with E-state index in [-0.39, 0.29) is 6.04 Å². The Morgan fingerprint density at radius 2 is 1.41 bits per heavy atom. The molecule has 0 bridgehead atoms. The second-order valence-corrected chi connectivity index (χ2v) is 6.45. The monoisotopic (exact) mass is 378 g/mol. The third kappa shape index (κ3) is 3.89. The lowest BCUT2D eigenvalue weighted by atomic mass is 9.98. The first-order valence-corrected chi connectivity index (χ1v) is 9.07. The van der Waals surface area contributed by atoms with Gasteiger partial charge in [-0.05, 0) is 59.7 Å². The van der Waals surface area contributed by atoms with Crippen LogP contribution in [0.4, 0.5) is 17.2 Å². The maximum absolute atomic E-state index is 9.18. The molecule has 0 aliphatic carbocycles. The van der Waals surface area contributed by atoms with Crippen molar-refractivity contribution in [2.45, 2.75) is 6.04 Å². The first-order valence-electron chi connectivity index (χ1n) is 9.07. The quantitative estimate of drug-likeness (QED) is 0.558. The van der Waals surface area contributed by atoms with Crippen LogP contribution < -0.4 is 10.6 Å². The highest BCUT2D eigenvalue weighted by Crippen LogP contribution is 2.38. The number of rotatable bonds is 5. The van der Waals surface area contributed by atoms with Gasteiger partial charge in [0.15, 0.2) is 0 Å². The van der Waals surface area contributed by atoms with Crippen molar-refractivity contribution in [1.82, 2.24) is 15.0 Å². The molecule has 0 radical (unpaired) electrons. The average Bonchev–Trinajstić information content (AvgIpc) is 2.79. The van der Waals surface area contributed by atoms with Crippen molar-refractivity contribution >= 4 is 17.2 Å². The van der Waals surface area contributed by atoms with Crippen LogP contribution in [-0.2, 0) is 0 Å². The van der Waals surface area contributed by atoms with Crippen molar-refractivity contribution in [2.24, 2.45) is 0 Å². The number of aromatic nitrogens is 3. The van der Waals surface area contributed by atoms with E-state index in [4.69, 9.17) is 5.73 Å². The molecule has 3 heterocycles. The Hall–Kier alpha value is -4.24. The van der Waals surface area contributed by atoms with E-state index in [0.717, 1.165) is 22.5 Å². The van der Waals surface area contributed by atoms with Gasteiger partial charge in [-0.2, -0.15) is 5.26 Å². The smallest absolute Gasteiger partial charge is 0.123 e. The molecular formula is C23H18N6. The molecule has 0 aliphatic rings. The molecule has 4 rings (SSSR count). The van der Waals surface area contributed by atoms with Gasteiger partial charge in [-0.25, -0.2) is 4.98 Å². The number of nitrogen functional groups attached to an aromatic ring is 1. The number of anilines is 3. The number of pyridine rings is 3. The van der Waals surface area contributed by atoms with Gasteiger partial charge in [0.2, 0.25) is 0 Å². The highest BCUT2D eigenvalue weighted by molar-refractivity contribution is 5.67. The Morgan fingerprint density at radius 1 is 0.793 bits per heavy atom. The molecule has 29 heavy (non-hydrogen) atoms. The van der Waals surface area contributed by atoms with Crippen LogP contribution in [0.25, 0.3) is 0 Å². The zero-order valence-corrected chi connectivity index (χ0v) is 15.6. The molecule has 6 heteroatoms. The summed E-state index contributed by atoms with van der Waals surface area (Å²) < 4.78 is 0. The molecule has 6 nitrogen and oxygen atoms in total. The molecule has 0 atom stereocenters. The zero-order chi connectivity index (χ0) is 20.1. The summed E-state index contributed by atoms with van der Waals surface area (Å²) in [7, 11) is 0. The molecule has 0 amide bonds. The van der Waals surface area contributed by atoms with Gasteiger partial charge in [0.25, 0.3) is 0 Å². The number of hydrogen-bond acceptors (Lipinski definition) is 6. The van der Waals surface area contributed by atoms with E-state index in [1.165, 1.54) is 0 Å². The average molecular weight is 378 g/mol. The predicted octanol–water partition coefficient (Wildman–Crippen LogP) is 4.25. The maximum Gasteiger partial charge on any atom is 0.123 e. The summed E-state index contributed by atoms with van der Waals surface area (Å²) in [4.78, 5) is 15.1. The Kier molecular flexibility index (Phi) is 5.12. The highest BCUT2D eigenvalue weighted by Gasteiger charge is 2.25. The van der Waals surface area contributed by atoms with Crippen molar-refractivity contribution in [1.29, 1.82) is 5.26 Å². The first-order chi connectivity index (χ1) is 14.3. The van der Waals surface area contributed by atoms with Gasteiger partial charge in [-0.1, -0.05) is 12.1 Å². The summed E-state index contributed by atoms with van der Waals surface area (Å²) in [6.07, 6.45) is 8.94. The summed E-state index contributed by atoms with van der Waals surface area (Å²) in [5, 5.41) is 9.18. The topological polar surface area (TPSA) is 91.7 Å². The first kappa shape index (κ1) is 18.1. The van der Waals surface area contributed by atoms with E-state index in [9.17, 15) is 5.26 Å². The van der Waals surface area contributed by atoms with Crippen LogP contribution in [0.1, 0.15) is 22.7 Å². The predicted molar refractivity (Wildman–Crippen MR) is 112 cm³/mol. The number of benzene rings is 1. The Balaban J connectivity index is 1.92. The summed E-state index contributed by atoms with van der Waals surface area (Å²) in [6, 6.07) is 21.0. The van der Waals surface area contributed by atoms with Crippen molar-refractivity contribution in [3.63, 3.8) is 0 Å². The fourth-order valence-corrected chi connectivity index (χ4v) is 3.25. The molecule has 0 saturated carbocycles. The maximum atomic E-state index is 9.18. The van der Waals surface area contributed by atoms with Crippen LogP contribution in [0, 0.1) is 11.3 Å². The molecule has 2 N–H and O–H groups in total. The van der Waals surface area contributed by atoms with Gasteiger partial charge in [0.05, 0.1) is 29.6 Å². The van der Waals surface area contributed by atoms with E-state index in [1.54, 1.807) is 36.8 Å². The molecule has 3 aromatic heterocycles. The summed E-state index contributed by atoms with van der Waals surface area (Å²) in [5.74, 6) is 0.452. The lowest BCUT2D eigenvalue weighted by Gasteiger charge is -2.34. The standard InChI is InChI=1S/C23H18N6/c24-13-17-5-7-20(8-6-17)29(21-9-10-22(25)28-16-21)23(18-3-1-11-26-14-18)19-4-2-12-27-15-19/h1-12,14-16,23H,(H2,25,28). The van der Waals surface area contributed by atoms with Crippen molar-refractivity contribution < 1.29 is 0 Å². The molecule has 140 valence electrons. The van der Waals surface area contributed by atoms with E-state index in [0.29, 0.717) is 11.4 Å². The summed E-state index contributed by atoms with van der Waals surface area (Å²) in [5.41, 5.74) is 10.2. The van der Waals surface area contributed by atoms with E-state index in [1.807, 2.05) is 54.9 Å². The third-order valence-corrected chi connectivity index (χ3v) is 4.58. The number of nitriles is 1. The zero-order valence-electron chi connectivity index (χ0n) is 15.6. The van der Waals surface area contributed by atoms with Crippen LogP contribution in [0.15, 0.2) is 91.6 Å². The molecule has 0 fully saturated rings. The van der Waals surface area contributed by atoms with Crippen LogP contribution in [0.3, 0.4) is 0 Å². The molecule has 1 aromatic carbocycles. The lowest BCUT2D eigenvalue weighted by Crippen LogP contribution is -2.25. The van der Waals surface area contributed by atoms with Gasteiger partial charge < -0.3 is 10.6 Å². The Morgan fingerprint density at radius 3 is 1.90 bits per heavy atom. The second-order valence-electron chi connectivity index (χ2n) is 6.45. The molecule has 0 aliphatic heterocycles. The van der Waals surface area contributed by atoms with Crippen LogP contribution >= 0.6 is 0 Å². The second kappa shape index (κ2) is 8.19. The lowest BCUT2D eigenvalue weighted by molar-refractivity contribution is 0.806. The number of nitrogens with two attached hydrogens (primary N) is 1. The fourth-order valence-electron chi connectivity index (χ4n) is 3.25. The largest absolute Gasteiger partial charge is 0.384 e. The van der Waals surface area contributed by atoms with Crippen molar-refractivity contribution in [3.8, 4) is 6.07 Å². The number of nitrogens with zero attached hydrogens (tertiary/aromatic N) is 5. The molecule has 0 saturated heterocycles. The fraction of sp³-hybridized carbons (Fsp3) is 0.0435. The van der Waals surface area contributed by atoms with Crippen LogP contribution in [0.2, 0.25) is 0 Å². The van der Waals surface area contributed by atoms with Gasteiger partial charge in [-0.3, -0.25) is 9.97 Å². The molecule has 4 aromatic rings. The van der Waals surface area contributed by atoms with E-state index >= 15 is 0 Å². The molecule has 0 unspecified atom stereocenters. The SMILES string of the molecule is N#Cc1ccc(N(c2ccc(N)nc2)C(c2cccnc2)c2cccnc2)cc1. The highest BCUT2D eigenvalue weighted by atomic mass is 15.2. The van der Waals surface area contributed by atoms with Gasteiger partial charge in [-0.15, -0.1) is 0 Å². The Bertz CT molecular complexity index is 1060. The van der Waals surface area contributed by atoms with E-state index in [2.05, 4.69) is 25.9 Å². The number of hydrogen-bond donors (Lipinski definition) is 1. The normalized spacial score (nSPS) is 10.5. The summed E-state index contributed by atoms with van der Waals surface area (Å²) >= 11 is 0. The molecular weight excluding hydrogens is 360 g/mol. The molecule has 0 spiro atoms. The van der Waals surface area contributed by atoms with Crippen molar-refractivity contribution in [2.75, 3.05) is 10.6 Å². The minimum Gasteiger partial charge on any atom is -0.384 e. The van der Waals surface area contributed by atoms with Crippen LogP contribution in [-0.4, -0.2) is 15.0 Å². The minimum atomic E-state index is -0.198. The van der Waals surface area contributed by atoms with E-state index < -0.39 is 0 Å². The van der Waals surface area contributed by atoms with Gasteiger partial charge in [0, 0.05) is 30.5 Å². The minimum absolute atomic E-state index is 0.198. The van der Waals surface area contributed by atoms with Gasteiger partial charge in [0.1, 0.15) is 5.82 Å². The van der Waals surface area contributed by atoms with Gasteiger partial charge >= 0.3 is 0 Å². The Labute approximate surface area is 168 Å².